The van der Waals surface area contributed by atoms with Gasteiger partial charge in [-0.2, -0.15) is 13.2 Å². The number of nitrogens with zero attached hydrogens (tertiary/aromatic N) is 7. The Morgan fingerprint density at radius 1 is 0.913 bits per heavy atom. The molecule has 0 unspecified atom stereocenters. The minimum Gasteiger partial charge on any atom is -0.317 e. The van der Waals surface area contributed by atoms with Crippen LogP contribution >= 0.6 is 0 Å². The van der Waals surface area contributed by atoms with Crippen molar-refractivity contribution < 1.29 is 22.8 Å². The van der Waals surface area contributed by atoms with E-state index >= 15 is 0 Å². The van der Waals surface area contributed by atoms with Gasteiger partial charge in [0.05, 0.1) is 12.1 Å². The van der Waals surface area contributed by atoms with Crippen LogP contribution in [0.25, 0.3) is 22.5 Å². The highest BCUT2D eigenvalue weighted by Crippen LogP contribution is 2.53. The van der Waals surface area contributed by atoms with Crippen LogP contribution in [-0.4, -0.2) is 56.1 Å². The largest absolute Gasteiger partial charge is 0.416 e. The van der Waals surface area contributed by atoms with Crippen LogP contribution in [0.2, 0.25) is 0 Å². The number of rotatable bonds is 6. The van der Waals surface area contributed by atoms with Gasteiger partial charge < -0.3 is 4.57 Å². The number of alkyl halides is 3. The quantitative estimate of drug-likeness (QED) is 0.267. The first kappa shape index (κ1) is 28.9. The average molecular weight is 628 g/mol. The van der Waals surface area contributed by atoms with Crippen LogP contribution in [0.5, 0.6) is 0 Å². The van der Waals surface area contributed by atoms with Crippen LogP contribution in [0.4, 0.5) is 24.8 Å². The van der Waals surface area contributed by atoms with Crippen molar-refractivity contribution in [2.75, 3.05) is 29.4 Å². The molecule has 3 aliphatic heterocycles. The summed E-state index contributed by atoms with van der Waals surface area (Å²) >= 11 is 0. The van der Waals surface area contributed by atoms with E-state index in [1.165, 1.54) is 23.8 Å². The Kier molecular flexibility index (Phi) is 6.58. The van der Waals surface area contributed by atoms with Crippen molar-refractivity contribution in [2.24, 2.45) is 12.5 Å². The fourth-order valence-corrected chi connectivity index (χ4v) is 7.28. The SMILES string of the molecule is Cn1cnnc1-c1ccccc1-c1cc(N2CCCC2=O)nc(N2Cc3c(cc(CN4CCC5(CC5)C4)cc3C(F)(F)F)C2=O)c1. The Hall–Kier alpha value is -4.58. The van der Waals surface area contributed by atoms with Gasteiger partial charge in [-0.3, -0.25) is 24.3 Å². The molecule has 8 rings (SSSR count). The van der Waals surface area contributed by atoms with Gasteiger partial charge in [-0.25, -0.2) is 4.98 Å². The number of anilines is 2. The molecule has 46 heavy (non-hydrogen) atoms. The second kappa shape index (κ2) is 10.5. The van der Waals surface area contributed by atoms with Gasteiger partial charge >= 0.3 is 6.18 Å². The molecular formula is C34H32F3N7O2. The van der Waals surface area contributed by atoms with Gasteiger partial charge in [-0.1, -0.05) is 24.3 Å². The number of pyridine rings is 1. The first-order chi connectivity index (χ1) is 22.1. The number of carbonyl (C=O) groups excluding carboxylic acids is 2. The number of benzene rings is 2. The van der Waals surface area contributed by atoms with Crippen LogP contribution in [0.3, 0.4) is 0 Å². The summed E-state index contributed by atoms with van der Waals surface area (Å²) in [5.74, 6) is 0.530. The molecule has 0 bridgehead atoms. The summed E-state index contributed by atoms with van der Waals surface area (Å²) < 4.78 is 45.3. The van der Waals surface area contributed by atoms with E-state index in [0.29, 0.717) is 54.1 Å². The van der Waals surface area contributed by atoms with Crippen molar-refractivity contribution >= 4 is 23.5 Å². The van der Waals surface area contributed by atoms with Crippen molar-refractivity contribution in [1.82, 2.24) is 24.6 Å². The number of likely N-dealkylation sites (tertiary alicyclic amines) is 1. The zero-order chi connectivity index (χ0) is 31.8. The number of carbonyl (C=O) groups is 2. The molecule has 9 nitrogen and oxygen atoms in total. The Labute approximate surface area is 263 Å². The standard InChI is InChI=1S/C34H32F3N7O2/c1-41-20-38-40-31(41)24-6-3-2-5-23(24)22-15-28(43-11-4-7-30(43)45)39-29(16-22)44-18-26-25(32(44)46)13-21(14-27(26)34(35,36)37)17-42-12-10-33(19-42)8-9-33/h2-3,5-6,13-16,20H,4,7-12,17-19H2,1H3. The van der Waals surface area contributed by atoms with E-state index in [4.69, 9.17) is 4.98 Å². The molecule has 0 atom stereocenters. The normalized spacial score (nSPS) is 19.1. The predicted octanol–water partition coefficient (Wildman–Crippen LogP) is 5.84. The second-order valence-corrected chi connectivity index (χ2v) is 13.1. The van der Waals surface area contributed by atoms with E-state index < -0.39 is 17.6 Å². The number of hydrogen-bond donors (Lipinski definition) is 0. The maximum absolute atomic E-state index is 14.5. The van der Waals surface area contributed by atoms with Gasteiger partial charge in [0.1, 0.15) is 18.0 Å². The lowest BCUT2D eigenvalue weighted by atomic mass is 9.98. The molecule has 0 N–H and O–H groups in total. The third kappa shape index (κ3) is 4.95. The Morgan fingerprint density at radius 3 is 2.33 bits per heavy atom. The fourth-order valence-electron chi connectivity index (χ4n) is 7.28. The van der Waals surface area contributed by atoms with Crippen molar-refractivity contribution in [2.45, 2.75) is 51.4 Å². The summed E-state index contributed by atoms with van der Waals surface area (Å²) in [6.07, 6.45) is 1.43. The lowest BCUT2D eigenvalue weighted by Gasteiger charge is -2.22. The number of aromatic nitrogens is 4. The van der Waals surface area contributed by atoms with Crippen molar-refractivity contribution in [3.8, 4) is 22.5 Å². The van der Waals surface area contributed by atoms with Gasteiger partial charge in [0.15, 0.2) is 5.82 Å². The van der Waals surface area contributed by atoms with Crippen molar-refractivity contribution in [1.29, 1.82) is 0 Å². The average Bonchev–Trinajstić information content (AvgIpc) is 3.38. The van der Waals surface area contributed by atoms with E-state index in [9.17, 15) is 22.8 Å². The van der Waals surface area contributed by atoms with Gasteiger partial charge in [-0.15, -0.1) is 10.2 Å². The third-order valence-corrected chi connectivity index (χ3v) is 9.90. The maximum atomic E-state index is 14.5. The van der Waals surface area contributed by atoms with Crippen LogP contribution < -0.4 is 9.80 Å². The maximum Gasteiger partial charge on any atom is 0.416 e. The van der Waals surface area contributed by atoms with Crippen LogP contribution in [0, 0.1) is 5.41 Å². The highest BCUT2D eigenvalue weighted by atomic mass is 19.4. The van der Waals surface area contributed by atoms with E-state index in [1.54, 1.807) is 34.0 Å². The summed E-state index contributed by atoms with van der Waals surface area (Å²) in [5, 5.41) is 8.28. The molecule has 236 valence electrons. The molecule has 2 aromatic carbocycles. The zero-order valence-corrected chi connectivity index (χ0v) is 25.3. The summed E-state index contributed by atoms with van der Waals surface area (Å²) in [4.78, 5) is 36.7. The van der Waals surface area contributed by atoms with Crippen LogP contribution in [0.1, 0.15) is 59.2 Å². The monoisotopic (exact) mass is 627 g/mol. The second-order valence-electron chi connectivity index (χ2n) is 13.1. The first-order valence-electron chi connectivity index (χ1n) is 15.6. The molecule has 2 saturated heterocycles. The molecule has 1 spiro atoms. The van der Waals surface area contributed by atoms with E-state index in [-0.39, 0.29) is 29.4 Å². The molecule has 5 heterocycles. The number of halogens is 3. The summed E-state index contributed by atoms with van der Waals surface area (Å²) in [6.45, 7) is 2.30. The van der Waals surface area contributed by atoms with Crippen LogP contribution in [-0.2, 0) is 31.1 Å². The molecule has 4 aromatic rings. The Morgan fingerprint density at radius 2 is 1.67 bits per heavy atom. The van der Waals surface area contributed by atoms with E-state index in [0.717, 1.165) is 30.6 Å². The molecule has 0 radical (unpaired) electrons. The number of aryl methyl sites for hydroxylation is 1. The van der Waals surface area contributed by atoms with Gasteiger partial charge in [0, 0.05) is 44.2 Å². The molecular weight excluding hydrogens is 595 g/mol. The highest BCUT2D eigenvalue weighted by Gasteiger charge is 2.48. The zero-order valence-electron chi connectivity index (χ0n) is 25.3. The molecule has 1 saturated carbocycles. The molecule has 1 aliphatic carbocycles. The highest BCUT2D eigenvalue weighted by molar-refractivity contribution is 6.10. The first-order valence-corrected chi connectivity index (χ1v) is 15.6. The minimum absolute atomic E-state index is 0.0492. The van der Waals surface area contributed by atoms with Gasteiger partial charge in [0.2, 0.25) is 5.91 Å². The topological polar surface area (TPSA) is 87.5 Å². The molecule has 3 fully saturated rings. The van der Waals surface area contributed by atoms with Gasteiger partial charge in [0.25, 0.3) is 5.91 Å². The predicted molar refractivity (Wildman–Crippen MR) is 165 cm³/mol. The lowest BCUT2D eigenvalue weighted by molar-refractivity contribution is -0.138. The number of amides is 2. The van der Waals surface area contributed by atoms with Crippen LogP contribution in [0.15, 0.2) is 54.9 Å². The fraction of sp³-hybridized carbons (Fsp3) is 0.382. The Balaban J connectivity index is 1.21. The summed E-state index contributed by atoms with van der Waals surface area (Å²) in [7, 11) is 1.83. The third-order valence-electron chi connectivity index (χ3n) is 9.90. The summed E-state index contributed by atoms with van der Waals surface area (Å²) in [6, 6.07) is 13.9. The van der Waals surface area contributed by atoms with Crippen molar-refractivity contribution in [3.63, 3.8) is 0 Å². The molecule has 2 amide bonds. The number of hydrogen-bond acceptors (Lipinski definition) is 6. The van der Waals surface area contributed by atoms with E-state index in [2.05, 4.69) is 15.1 Å². The lowest BCUT2D eigenvalue weighted by Crippen LogP contribution is -2.28. The Bertz CT molecular complexity index is 1900. The summed E-state index contributed by atoms with van der Waals surface area (Å²) in [5.41, 5.74) is 2.23. The number of fused-ring (bicyclic) bond motifs is 1. The smallest absolute Gasteiger partial charge is 0.317 e. The van der Waals surface area contributed by atoms with Crippen molar-refractivity contribution in [3.05, 3.63) is 77.1 Å². The van der Waals surface area contributed by atoms with E-state index in [1.807, 2.05) is 31.3 Å². The minimum atomic E-state index is -4.63. The molecule has 12 heteroatoms. The molecule has 2 aromatic heterocycles. The van der Waals surface area contributed by atoms with Gasteiger partial charge in [-0.05, 0) is 84.2 Å². The molecule has 4 aliphatic rings.